The van der Waals surface area contributed by atoms with Crippen LogP contribution in [0.15, 0.2) is 18.5 Å². The first-order valence-electron chi connectivity index (χ1n) is 10.8. The highest BCUT2D eigenvalue weighted by Crippen LogP contribution is 2.29. The van der Waals surface area contributed by atoms with Crippen molar-refractivity contribution in [2.75, 3.05) is 13.1 Å². The van der Waals surface area contributed by atoms with Crippen LogP contribution in [0.1, 0.15) is 62.5 Å². The summed E-state index contributed by atoms with van der Waals surface area (Å²) in [6.07, 6.45) is 11.5. The number of nitrogens with zero attached hydrogens (tertiary/aromatic N) is 3. The number of fused-ring (bicyclic) bond motifs is 1. The van der Waals surface area contributed by atoms with Crippen molar-refractivity contribution in [1.29, 1.82) is 0 Å². The third-order valence-corrected chi connectivity index (χ3v) is 6.90. The summed E-state index contributed by atoms with van der Waals surface area (Å²) in [6.45, 7) is 7.19. The molecule has 0 spiro atoms. The molecule has 146 valence electrons. The van der Waals surface area contributed by atoms with Gasteiger partial charge in [-0.2, -0.15) is 0 Å². The average molecular weight is 368 g/mol. The van der Waals surface area contributed by atoms with Crippen molar-refractivity contribution in [2.24, 2.45) is 11.8 Å². The molecule has 0 N–H and O–H groups in total. The molecule has 2 heterocycles. The molecular formula is C23H33N3O. The minimum Gasteiger partial charge on any atom is -0.343 e. The maximum Gasteiger partial charge on any atom is 0.222 e. The van der Waals surface area contributed by atoms with Crippen LogP contribution in [-0.4, -0.2) is 33.4 Å². The number of carbonyl (C=O) groups is 1. The molecule has 27 heavy (non-hydrogen) atoms. The Morgan fingerprint density at radius 2 is 1.74 bits per heavy atom. The number of hydrogen-bond donors (Lipinski definition) is 0. The van der Waals surface area contributed by atoms with Crippen molar-refractivity contribution < 1.29 is 4.79 Å². The predicted molar refractivity (Wildman–Crippen MR) is 110 cm³/mol. The van der Waals surface area contributed by atoms with E-state index >= 15 is 0 Å². The summed E-state index contributed by atoms with van der Waals surface area (Å²) in [6, 6.07) is 4.45. The lowest BCUT2D eigenvalue weighted by atomic mass is 9.95. The van der Waals surface area contributed by atoms with E-state index in [9.17, 15) is 4.79 Å². The number of hydrogen-bond acceptors (Lipinski definition) is 2. The minimum absolute atomic E-state index is 0.388. The maximum atomic E-state index is 12.5. The Morgan fingerprint density at radius 3 is 2.48 bits per heavy atom. The van der Waals surface area contributed by atoms with E-state index in [-0.39, 0.29) is 0 Å². The number of amides is 1. The standard InChI is InChI=1S/C23H33N3O/c1-17-13-21-22(14-18(17)2)26(16-24-21)15-20-9-11-25(12-10-20)23(27)8-7-19-5-3-4-6-19/h13-14,16,19-20H,3-12,15H2,1-2H3. The molecule has 1 amide bonds. The second kappa shape index (κ2) is 8.04. The van der Waals surface area contributed by atoms with Gasteiger partial charge in [0.1, 0.15) is 0 Å². The zero-order valence-electron chi connectivity index (χ0n) is 16.9. The molecular weight excluding hydrogens is 334 g/mol. The second-order valence-electron chi connectivity index (χ2n) is 8.84. The molecule has 0 atom stereocenters. The number of likely N-dealkylation sites (tertiary alicyclic amines) is 1. The summed E-state index contributed by atoms with van der Waals surface area (Å²) < 4.78 is 2.31. The number of imidazole rings is 1. The van der Waals surface area contributed by atoms with Crippen LogP contribution in [0.25, 0.3) is 11.0 Å². The first-order chi connectivity index (χ1) is 13.1. The predicted octanol–water partition coefficient (Wildman–Crippen LogP) is 4.86. The lowest BCUT2D eigenvalue weighted by Crippen LogP contribution is -2.39. The smallest absolute Gasteiger partial charge is 0.222 e. The van der Waals surface area contributed by atoms with Gasteiger partial charge in [-0.25, -0.2) is 4.98 Å². The van der Waals surface area contributed by atoms with Crippen molar-refractivity contribution in [3.63, 3.8) is 0 Å². The molecule has 4 rings (SSSR count). The van der Waals surface area contributed by atoms with Gasteiger partial charge in [0.25, 0.3) is 0 Å². The fraction of sp³-hybridized carbons (Fsp3) is 0.652. The number of carbonyl (C=O) groups excluding carboxylic acids is 1. The third kappa shape index (κ3) is 4.20. The summed E-state index contributed by atoms with van der Waals surface area (Å²) in [5.41, 5.74) is 4.97. The molecule has 1 aliphatic carbocycles. The molecule has 4 heteroatoms. The second-order valence-corrected chi connectivity index (χ2v) is 8.84. The first-order valence-corrected chi connectivity index (χ1v) is 10.8. The van der Waals surface area contributed by atoms with E-state index < -0.39 is 0 Å². The molecule has 2 aromatic rings. The maximum absolute atomic E-state index is 12.5. The van der Waals surface area contributed by atoms with Gasteiger partial charge in [0.15, 0.2) is 0 Å². The van der Waals surface area contributed by atoms with Gasteiger partial charge in [-0.15, -0.1) is 0 Å². The van der Waals surface area contributed by atoms with Crippen LogP contribution in [-0.2, 0) is 11.3 Å². The fourth-order valence-electron chi connectivity index (χ4n) is 4.89. The van der Waals surface area contributed by atoms with Crippen LogP contribution in [0, 0.1) is 25.7 Å². The van der Waals surface area contributed by atoms with Gasteiger partial charge in [0.2, 0.25) is 5.91 Å². The topological polar surface area (TPSA) is 38.1 Å². The van der Waals surface area contributed by atoms with Gasteiger partial charge in [0.05, 0.1) is 17.4 Å². The van der Waals surface area contributed by atoms with Gasteiger partial charge in [-0.05, 0) is 68.2 Å². The van der Waals surface area contributed by atoms with Gasteiger partial charge < -0.3 is 9.47 Å². The van der Waals surface area contributed by atoms with E-state index in [0.717, 1.165) is 56.8 Å². The van der Waals surface area contributed by atoms with Crippen LogP contribution in [0.4, 0.5) is 0 Å². The SMILES string of the molecule is Cc1cc2ncn(CC3CCN(C(=O)CCC4CCCC4)CC3)c2cc1C. The van der Waals surface area contributed by atoms with Crippen LogP contribution >= 0.6 is 0 Å². The fourth-order valence-corrected chi connectivity index (χ4v) is 4.89. The Kier molecular flexibility index (Phi) is 5.51. The van der Waals surface area contributed by atoms with Gasteiger partial charge >= 0.3 is 0 Å². The molecule has 1 aliphatic heterocycles. The van der Waals surface area contributed by atoms with Crippen LogP contribution < -0.4 is 0 Å². The number of aryl methyl sites for hydroxylation is 2. The van der Waals surface area contributed by atoms with Crippen molar-refractivity contribution in [2.45, 2.75) is 71.8 Å². The molecule has 0 bridgehead atoms. The van der Waals surface area contributed by atoms with E-state index in [1.54, 1.807) is 0 Å². The molecule has 1 saturated heterocycles. The van der Waals surface area contributed by atoms with Crippen LogP contribution in [0.3, 0.4) is 0 Å². The molecule has 0 radical (unpaired) electrons. The zero-order chi connectivity index (χ0) is 18.8. The monoisotopic (exact) mass is 367 g/mol. The number of rotatable bonds is 5. The first kappa shape index (κ1) is 18.5. The summed E-state index contributed by atoms with van der Waals surface area (Å²) in [7, 11) is 0. The van der Waals surface area contributed by atoms with Gasteiger partial charge in [0, 0.05) is 26.1 Å². The lowest BCUT2D eigenvalue weighted by Gasteiger charge is -2.32. The van der Waals surface area contributed by atoms with Crippen molar-refractivity contribution >= 4 is 16.9 Å². The highest BCUT2D eigenvalue weighted by molar-refractivity contribution is 5.77. The largest absolute Gasteiger partial charge is 0.343 e. The normalized spacial score (nSPS) is 19.3. The summed E-state index contributed by atoms with van der Waals surface area (Å²) >= 11 is 0. The number of piperidine rings is 1. The lowest BCUT2D eigenvalue weighted by molar-refractivity contribution is -0.132. The Balaban J connectivity index is 1.29. The molecule has 1 saturated carbocycles. The Bertz CT molecular complexity index is 795. The van der Waals surface area contributed by atoms with E-state index in [4.69, 9.17) is 0 Å². The summed E-state index contributed by atoms with van der Waals surface area (Å²) in [4.78, 5) is 19.2. The Morgan fingerprint density at radius 1 is 1.04 bits per heavy atom. The molecule has 2 fully saturated rings. The molecule has 1 aromatic carbocycles. The van der Waals surface area contributed by atoms with E-state index in [1.165, 1.54) is 42.3 Å². The Hall–Kier alpha value is -1.84. The van der Waals surface area contributed by atoms with Crippen molar-refractivity contribution in [1.82, 2.24) is 14.5 Å². The van der Waals surface area contributed by atoms with Crippen molar-refractivity contribution in [3.05, 3.63) is 29.6 Å². The van der Waals surface area contributed by atoms with Crippen molar-refractivity contribution in [3.8, 4) is 0 Å². The number of aromatic nitrogens is 2. The van der Waals surface area contributed by atoms with Crippen LogP contribution in [0.5, 0.6) is 0 Å². The number of benzene rings is 1. The third-order valence-electron chi connectivity index (χ3n) is 6.90. The highest BCUT2D eigenvalue weighted by atomic mass is 16.2. The minimum atomic E-state index is 0.388. The van der Waals surface area contributed by atoms with Gasteiger partial charge in [-0.3, -0.25) is 4.79 Å². The van der Waals surface area contributed by atoms with Crippen LogP contribution in [0.2, 0.25) is 0 Å². The highest BCUT2D eigenvalue weighted by Gasteiger charge is 2.24. The zero-order valence-corrected chi connectivity index (χ0v) is 16.9. The molecule has 2 aliphatic rings. The summed E-state index contributed by atoms with van der Waals surface area (Å²) in [5, 5.41) is 0. The Labute approximate surface area is 163 Å². The molecule has 4 nitrogen and oxygen atoms in total. The van der Waals surface area contributed by atoms with E-state index in [0.29, 0.717) is 11.8 Å². The molecule has 1 aromatic heterocycles. The quantitative estimate of drug-likeness (QED) is 0.757. The van der Waals surface area contributed by atoms with E-state index in [1.807, 2.05) is 6.33 Å². The summed E-state index contributed by atoms with van der Waals surface area (Å²) in [5.74, 6) is 1.84. The molecule has 0 unspecified atom stereocenters. The van der Waals surface area contributed by atoms with Gasteiger partial charge in [-0.1, -0.05) is 25.7 Å². The van der Waals surface area contributed by atoms with E-state index in [2.05, 4.69) is 40.4 Å². The average Bonchev–Trinajstić information content (AvgIpc) is 3.32.